The van der Waals surface area contributed by atoms with Crippen LogP contribution in [0.2, 0.25) is 0 Å². The Morgan fingerprint density at radius 2 is 2.00 bits per heavy atom. The van der Waals surface area contributed by atoms with Crippen molar-refractivity contribution in [1.29, 1.82) is 0 Å². The van der Waals surface area contributed by atoms with Crippen LogP contribution in [0.4, 0.5) is 0 Å². The zero-order valence-electron chi connectivity index (χ0n) is 6.93. The minimum absolute atomic E-state index is 0.0520. The van der Waals surface area contributed by atoms with Crippen LogP contribution < -0.4 is 5.32 Å². The molecule has 0 unspecified atom stereocenters. The van der Waals surface area contributed by atoms with E-state index >= 15 is 0 Å². The number of ketones is 1. The summed E-state index contributed by atoms with van der Waals surface area (Å²) >= 11 is 0. The predicted molar refractivity (Wildman–Crippen MR) is 41.5 cm³/mol. The molecule has 3 nitrogen and oxygen atoms in total. The van der Waals surface area contributed by atoms with Gasteiger partial charge in [0.2, 0.25) is 0 Å². The van der Waals surface area contributed by atoms with Gasteiger partial charge in [0, 0.05) is 34.3 Å². The maximum absolute atomic E-state index is 10.8. The van der Waals surface area contributed by atoms with E-state index in [1.165, 1.54) is 6.92 Å². The van der Waals surface area contributed by atoms with Crippen LogP contribution in [0.25, 0.3) is 0 Å². The molecule has 0 atom stereocenters. The second-order valence-corrected chi connectivity index (χ2v) is 2.31. The molecule has 0 spiro atoms. The van der Waals surface area contributed by atoms with E-state index in [9.17, 15) is 4.79 Å². The lowest BCUT2D eigenvalue weighted by atomic mass is 10.3. The van der Waals surface area contributed by atoms with Crippen LogP contribution in [0, 0.1) is 0 Å². The average Bonchev–Trinajstić information content (AvgIpc) is 1.81. The molecule has 0 fully saturated rings. The molecule has 0 rings (SSSR count). The summed E-state index contributed by atoms with van der Waals surface area (Å²) in [6.45, 7) is 1.53. The molecule has 0 saturated heterocycles. The number of allylic oxidation sites excluding steroid dienone is 1. The number of likely N-dealkylation sites (N-methyl/N-ethyl adjacent to an activating group) is 1. The van der Waals surface area contributed by atoms with E-state index in [2.05, 4.69) is 5.32 Å². The molecule has 0 aliphatic rings. The van der Waals surface area contributed by atoms with E-state index in [0.29, 0.717) is 5.70 Å². The molecule has 1 N–H and O–H groups in total. The summed E-state index contributed by atoms with van der Waals surface area (Å²) in [6.07, 6.45) is 1.75. The summed E-state index contributed by atoms with van der Waals surface area (Å²) in [4.78, 5) is 12.6. The van der Waals surface area contributed by atoms with Crippen LogP contribution in [0.3, 0.4) is 0 Å². The zero-order valence-corrected chi connectivity index (χ0v) is 6.93. The molecular weight excluding hydrogens is 128 g/mol. The van der Waals surface area contributed by atoms with Crippen molar-refractivity contribution in [3.63, 3.8) is 0 Å². The highest BCUT2D eigenvalue weighted by Gasteiger charge is 1.98. The van der Waals surface area contributed by atoms with E-state index in [1.807, 2.05) is 19.0 Å². The van der Waals surface area contributed by atoms with Gasteiger partial charge in [-0.1, -0.05) is 0 Å². The summed E-state index contributed by atoms with van der Waals surface area (Å²) in [5.41, 5.74) is 0.630. The molecule has 0 aliphatic carbocycles. The van der Waals surface area contributed by atoms with Gasteiger partial charge >= 0.3 is 0 Å². The number of carbonyl (C=O) groups excluding carboxylic acids is 1. The molecule has 0 aromatic heterocycles. The van der Waals surface area contributed by atoms with Crippen molar-refractivity contribution in [2.75, 3.05) is 21.1 Å². The Morgan fingerprint density at radius 1 is 1.50 bits per heavy atom. The van der Waals surface area contributed by atoms with Gasteiger partial charge in [0.05, 0.1) is 5.70 Å². The van der Waals surface area contributed by atoms with Crippen LogP contribution in [-0.2, 0) is 4.79 Å². The molecule has 0 aliphatic heterocycles. The number of hydrogen-bond donors (Lipinski definition) is 1. The van der Waals surface area contributed by atoms with Gasteiger partial charge in [0.25, 0.3) is 0 Å². The van der Waals surface area contributed by atoms with E-state index in [1.54, 1.807) is 13.2 Å². The van der Waals surface area contributed by atoms with Gasteiger partial charge in [-0.2, -0.15) is 0 Å². The van der Waals surface area contributed by atoms with Crippen molar-refractivity contribution in [2.45, 2.75) is 6.92 Å². The first kappa shape index (κ1) is 9.01. The fourth-order valence-corrected chi connectivity index (χ4v) is 0.590. The molecule has 0 aromatic rings. The Bertz CT molecular complexity index is 150. The standard InChI is InChI=1S/C7H14N2O/c1-6(10)7(8-2)5-9(3)4/h5,8H,1-4H3/b7-5-. The molecular formula is C7H14N2O. The fourth-order valence-electron chi connectivity index (χ4n) is 0.590. The Balaban J connectivity index is 4.19. The zero-order chi connectivity index (χ0) is 8.15. The van der Waals surface area contributed by atoms with Gasteiger partial charge in [-0.05, 0) is 0 Å². The monoisotopic (exact) mass is 142 g/mol. The van der Waals surface area contributed by atoms with E-state index < -0.39 is 0 Å². The first-order chi connectivity index (χ1) is 4.57. The number of Topliss-reactive ketones (excluding diaryl/α,β-unsaturated/α-hetero) is 1. The Hall–Kier alpha value is -0.990. The van der Waals surface area contributed by atoms with Crippen molar-refractivity contribution in [3.8, 4) is 0 Å². The van der Waals surface area contributed by atoms with Crippen LogP contribution >= 0.6 is 0 Å². The maximum atomic E-state index is 10.8. The van der Waals surface area contributed by atoms with E-state index in [0.717, 1.165) is 0 Å². The third-order valence-electron chi connectivity index (χ3n) is 1.04. The lowest BCUT2D eigenvalue weighted by Gasteiger charge is -2.08. The van der Waals surface area contributed by atoms with Gasteiger partial charge < -0.3 is 10.2 Å². The Morgan fingerprint density at radius 3 is 2.10 bits per heavy atom. The van der Waals surface area contributed by atoms with Crippen LogP contribution in [0.15, 0.2) is 11.9 Å². The quantitative estimate of drug-likeness (QED) is 0.571. The van der Waals surface area contributed by atoms with Crippen molar-refractivity contribution in [3.05, 3.63) is 11.9 Å². The molecule has 3 heteroatoms. The summed E-state index contributed by atoms with van der Waals surface area (Å²) in [5.74, 6) is 0.0520. The highest BCUT2D eigenvalue weighted by molar-refractivity contribution is 5.92. The second-order valence-electron chi connectivity index (χ2n) is 2.31. The van der Waals surface area contributed by atoms with E-state index in [4.69, 9.17) is 0 Å². The minimum Gasteiger partial charge on any atom is -0.384 e. The fraction of sp³-hybridized carbons (Fsp3) is 0.571. The van der Waals surface area contributed by atoms with Gasteiger partial charge in [-0.3, -0.25) is 4.79 Å². The highest BCUT2D eigenvalue weighted by Crippen LogP contribution is 1.90. The lowest BCUT2D eigenvalue weighted by Crippen LogP contribution is -2.17. The lowest BCUT2D eigenvalue weighted by molar-refractivity contribution is -0.114. The Labute approximate surface area is 61.7 Å². The van der Waals surface area contributed by atoms with Crippen molar-refractivity contribution in [1.82, 2.24) is 10.2 Å². The predicted octanol–water partition coefficient (Wildman–Crippen LogP) is 0.198. The summed E-state index contributed by atoms with van der Waals surface area (Å²) in [6, 6.07) is 0. The third-order valence-corrected chi connectivity index (χ3v) is 1.04. The van der Waals surface area contributed by atoms with Crippen molar-refractivity contribution in [2.24, 2.45) is 0 Å². The maximum Gasteiger partial charge on any atom is 0.177 e. The smallest absolute Gasteiger partial charge is 0.177 e. The SMILES string of the molecule is CN/C(=C\N(C)C)C(C)=O. The van der Waals surface area contributed by atoms with Crippen molar-refractivity contribution < 1.29 is 4.79 Å². The molecule has 0 heterocycles. The van der Waals surface area contributed by atoms with Gasteiger partial charge in [-0.25, -0.2) is 0 Å². The normalized spacial score (nSPS) is 11.0. The number of nitrogens with zero attached hydrogens (tertiary/aromatic N) is 1. The van der Waals surface area contributed by atoms with Gasteiger partial charge in [0.1, 0.15) is 0 Å². The average molecular weight is 142 g/mol. The number of rotatable bonds is 3. The molecule has 0 aromatic carbocycles. The summed E-state index contributed by atoms with van der Waals surface area (Å²) < 4.78 is 0. The first-order valence-corrected chi connectivity index (χ1v) is 3.15. The van der Waals surface area contributed by atoms with Gasteiger partial charge in [0.15, 0.2) is 5.78 Å². The van der Waals surface area contributed by atoms with Gasteiger partial charge in [-0.15, -0.1) is 0 Å². The largest absolute Gasteiger partial charge is 0.384 e. The Kier molecular flexibility index (Phi) is 3.54. The van der Waals surface area contributed by atoms with Crippen LogP contribution in [-0.4, -0.2) is 31.8 Å². The molecule has 10 heavy (non-hydrogen) atoms. The van der Waals surface area contributed by atoms with Crippen LogP contribution in [0.1, 0.15) is 6.92 Å². The first-order valence-electron chi connectivity index (χ1n) is 3.15. The van der Waals surface area contributed by atoms with Crippen molar-refractivity contribution >= 4 is 5.78 Å². The molecule has 0 amide bonds. The number of nitrogens with one attached hydrogen (secondary N) is 1. The molecule has 0 saturated carbocycles. The van der Waals surface area contributed by atoms with E-state index in [-0.39, 0.29) is 5.78 Å². The molecule has 58 valence electrons. The molecule has 0 radical (unpaired) electrons. The topological polar surface area (TPSA) is 32.3 Å². The minimum atomic E-state index is 0.0520. The van der Waals surface area contributed by atoms with Crippen LogP contribution in [0.5, 0.6) is 0 Å². The summed E-state index contributed by atoms with van der Waals surface area (Å²) in [5, 5.41) is 2.80. The highest BCUT2D eigenvalue weighted by atomic mass is 16.1. The number of hydrogen-bond acceptors (Lipinski definition) is 3. The third kappa shape index (κ3) is 3.12. The summed E-state index contributed by atoms with van der Waals surface area (Å²) in [7, 11) is 5.48. The molecule has 0 bridgehead atoms. The number of carbonyl (C=O) groups is 1. The second kappa shape index (κ2) is 3.93.